The lowest BCUT2D eigenvalue weighted by Gasteiger charge is -2.29. The Morgan fingerprint density at radius 2 is 1.84 bits per heavy atom. The predicted molar refractivity (Wildman–Crippen MR) is 86.2 cm³/mol. The Morgan fingerprint density at radius 1 is 1.21 bits per heavy atom. The summed E-state index contributed by atoms with van der Waals surface area (Å²) in [7, 11) is 4.84. The number of rotatable bonds is 6. The van der Waals surface area contributed by atoms with Gasteiger partial charge in [0.1, 0.15) is 5.75 Å². The lowest BCUT2D eigenvalue weighted by molar-refractivity contribution is 0.398. The second-order valence-electron chi connectivity index (χ2n) is 5.91. The Morgan fingerprint density at radius 3 is 2.26 bits per heavy atom. The number of ether oxygens (including phenoxy) is 1. The zero-order chi connectivity index (χ0) is 14.1. The molecule has 0 N–H and O–H groups in total. The molecule has 0 spiro atoms. The highest BCUT2D eigenvalue weighted by Gasteiger charge is 2.42. The second kappa shape index (κ2) is 5.44. The highest BCUT2D eigenvalue weighted by atomic mass is 31.0. The van der Waals surface area contributed by atoms with Crippen molar-refractivity contribution < 1.29 is 4.74 Å². The second-order valence-corrected chi connectivity index (χ2v) is 7.02. The number of hydrogen-bond donors (Lipinski definition) is 0. The Labute approximate surface area is 120 Å². The van der Waals surface area contributed by atoms with Crippen molar-refractivity contribution in [3.05, 3.63) is 29.3 Å². The van der Waals surface area contributed by atoms with E-state index in [1.54, 1.807) is 7.11 Å². The first-order valence-electron chi connectivity index (χ1n) is 7.53. The van der Waals surface area contributed by atoms with E-state index in [-0.39, 0.29) is 5.16 Å². The van der Waals surface area contributed by atoms with Gasteiger partial charge in [0.25, 0.3) is 0 Å². The van der Waals surface area contributed by atoms with E-state index in [1.807, 2.05) is 0 Å². The van der Waals surface area contributed by atoms with Gasteiger partial charge in [-0.15, -0.1) is 9.24 Å². The van der Waals surface area contributed by atoms with E-state index in [2.05, 4.69) is 48.2 Å². The van der Waals surface area contributed by atoms with Crippen LogP contribution in [0.25, 0.3) is 0 Å². The molecule has 1 nitrogen and oxygen atoms in total. The third kappa shape index (κ3) is 2.55. The molecule has 1 fully saturated rings. The highest BCUT2D eigenvalue weighted by molar-refractivity contribution is 7.18. The van der Waals surface area contributed by atoms with Crippen LogP contribution in [0.4, 0.5) is 0 Å². The Kier molecular flexibility index (Phi) is 4.26. The van der Waals surface area contributed by atoms with Crippen molar-refractivity contribution in [3.8, 4) is 5.75 Å². The van der Waals surface area contributed by atoms with Crippen molar-refractivity contribution in [2.75, 3.05) is 7.11 Å². The maximum atomic E-state index is 5.69. The molecule has 0 saturated heterocycles. The van der Waals surface area contributed by atoms with Crippen molar-refractivity contribution in [2.24, 2.45) is 0 Å². The fourth-order valence-corrected chi connectivity index (χ4v) is 3.30. The summed E-state index contributed by atoms with van der Waals surface area (Å²) in [5.41, 5.74) is 3.25. The molecule has 1 aliphatic carbocycles. The molecular formula is C17H27OP. The molecule has 2 heteroatoms. The number of methoxy groups -OCH3 is 1. The minimum atomic E-state index is 0.146. The van der Waals surface area contributed by atoms with Crippen LogP contribution in [0, 0.1) is 0 Å². The van der Waals surface area contributed by atoms with E-state index in [4.69, 9.17) is 4.74 Å². The lowest BCUT2D eigenvalue weighted by atomic mass is 9.87. The number of hydrogen-bond acceptors (Lipinski definition) is 1. The fourth-order valence-electron chi connectivity index (χ4n) is 3.06. The van der Waals surface area contributed by atoms with Gasteiger partial charge in [0.2, 0.25) is 0 Å². The molecule has 19 heavy (non-hydrogen) atoms. The molecule has 1 unspecified atom stereocenters. The molecule has 0 bridgehead atoms. The summed E-state index contributed by atoms with van der Waals surface area (Å²) in [4.78, 5) is 0. The first kappa shape index (κ1) is 14.9. The fraction of sp³-hybridized carbons (Fsp3) is 0.647. The molecule has 0 aliphatic heterocycles. The largest absolute Gasteiger partial charge is 0.496 e. The molecule has 1 aromatic rings. The standard InChI is InChI=1S/C17H27OP/c1-5-16(10-11-16)13-8-9-14(15(12-13)18-4)17(19,6-2)7-3/h8-9,12H,5-7,10-11,19H2,1-4H3. The van der Waals surface area contributed by atoms with Crippen LogP contribution in [0.15, 0.2) is 18.2 Å². The normalized spacial score (nSPS) is 17.3. The van der Waals surface area contributed by atoms with Gasteiger partial charge in [-0.1, -0.05) is 32.9 Å². The molecule has 1 aliphatic rings. The van der Waals surface area contributed by atoms with Gasteiger partial charge in [-0.3, -0.25) is 0 Å². The van der Waals surface area contributed by atoms with Crippen molar-refractivity contribution in [1.82, 2.24) is 0 Å². The predicted octanol–water partition coefficient (Wildman–Crippen LogP) is 5.03. The van der Waals surface area contributed by atoms with Gasteiger partial charge in [-0.2, -0.15) is 0 Å². The zero-order valence-electron chi connectivity index (χ0n) is 12.8. The van der Waals surface area contributed by atoms with Gasteiger partial charge in [-0.05, 0) is 49.1 Å². The van der Waals surface area contributed by atoms with Crippen molar-refractivity contribution in [1.29, 1.82) is 0 Å². The van der Waals surface area contributed by atoms with E-state index in [0.29, 0.717) is 5.41 Å². The third-order valence-corrected chi connectivity index (χ3v) is 6.27. The average Bonchev–Trinajstić information content (AvgIpc) is 3.27. The van der Waals surface area contributed by atoms with Gasteiger partial charge in [0.05, 0.1) is 7.11 Å². The van der Waals surface area contributed by atoms with Gasteiger partial charge in [-0.25, -0.2) is 0 Å². The molecular weight excluding hydrogens is 251 g/mol. The van der Waals surface area contributed by atoms with Crippen LogP contribution in [0.3, 0.4) is 0 Å². The minimum absolute atomic E-state index is 0.146. The Hall–Kier alpha value is -0.550. The lowest BCUT2D eigenvalue weighted by Crippen LogP contribution is -2.17. The number of benzene rings is 1. The van der Waals surface area contributed by atoms with E-state index < -0.39 is 0 Å². The molecule has 0 amide bonds. The molecule has 1 atom stereocenters. The SMILES string of the molecule is CCC(P)(CC)c1ccc(C2(CC)CC2)cc1OC. The van der Waals surface area contributed by atoms with Gasteiger partial charge in [0.15, 0.2) is 0 Å². The monoisotopic (exact) mass is 278 g/mol. The maximum Gasteiger partial charge on any atom is 0.123 e. The molecule has 106 valence electrons. The van der Waals surface area contributed by atoms with E-state index in [1.165, 1.54) is 30.4 Å². The van der Waals surface area contributed by atoms with Crippen molar-refractivity contribution in [3.63, 3.8) is 0 Å². The topological polar surface area (TPSA) is 9.23 Å². The van der Waals surface area contributed by atoms with Crippen LogP contribution >= 0.6 is 9.24 Å². The smallest absolute Gasteiger partial charge is 0.123 e. The van der Waals surface area contributed by atoms with E-state index in [9.17, 15) is 0 Å². The average molecular weight is 278 g/mol. The molecule has 1 aromatic carbocycles. The molecule has 2 rings (SSSR count). The summed E-state index contributed by atoms with van der Waals surface area (Å²) in [6.07, 6.45) is 6.13. The zero-order valence-corrected chi connectivity index (χ0v) is 13.9. The molecule has 0 aromatic heterocycles. The van der Waals surface area contributed by atoms with Gasteiger partial charge >= 0.3 is 0 Å². The highest BCUT2D eigenvalue weighted by Crippen LogP contribution is 2.53. The summed E-state index contributed by atoms with van der Waals surface area (Å²) in [5.74, 6) is 1.07. The van der Waals surface area contributed by atoms with Crippen LogP contribution in [-0.2, 0) is 10.6 Å². The van der Waals surface area contributed by atoms with Gasteiger partial charge < -0.3 is 4.74 Å². The third-order valence-electron chi connectivity index (χ3n) is 5.14. The summed E-state index contributed by atoms with van der Waals surface area (Å²) in [5, 5.41) is 0.146. The van der Waals surface area contributed by atoms with Crippen molar-refractivity contribution in [2.45, 2.75) is 63.4 Å². The van der Waals surface area contributed by atoms with Gasteiger partial charge in [0, 0.05) is 10.7 Å². The summed E-state index contributed by atoms with van der Waals surface area (Å²) >= 11 is 0. The van der Waals surface area contributed by atoms with E-state index >= 15 is 0 Å². The minimum Gasteiger partial charge on any atom is -0.496 e. The van der Waals surface area contributed by atoms with Crippen LogP contribution in [0.2, 0.25) is 0 Å². The van der Waals surface area contributed by atoms with Crippen LogP contribution < -0.4 is 4.74 Å². The molecule has 0 heterocycles. The summed E-state index contributed by atoms with van der Waals surface area (Å²) < 4.78 is 5.69. The molecule has 0 radical (unpaired) electrons. The maximum absolute atomic E-state index is 5.69. The Bertz CT molecular complexity index is 445. The molecule has 1 saturated carbocycles. The summed E-state index contributed by atoms with van der Waals surface area (Å²) in [6.45, 7) is 6.79. The van der Waals surface area contributed by atoms with Crippen LogP contribution in [0.1, 0.15) is 64.0 Å². The summed E-state index contributed by atoms with van der Waals surface area (Å²) in [6, 6.07) is 6.92. The van der Waals surface area contributed by atoms with Crippen molar-refractivity contribution >= 4 is 9.24 Å². The van der Waals surface area contributed by atoms with E-state index in [0.717, 1.165) is 18.6 Å². The quantitative estimate of drug-likeness (QED) is 0.663. The van der Waals surface area contributed by atoms with Crippen LogP contribution in [-0.4, -0.2) is 7.11 Å². The first-order chi connectivity index (χ1) is 9.05. The van der Waals surface area contributed by atoms with Crippen LogP contribution in [0.5, 0.6) is 5.75 Å². The first-order valence-corrected chi connectivity index (χ1v) is 8.11. The Balaban J connectivity index is 2.42.